The number of hydrogen-bond donors (Lipinski definition) is 2. The summed E-state index contributed by atoms with van der Waals surface area (Å²) < 4.78 is 0. The molecule has 1 aromatic rings. The molecule has 106 valence electrons. The van der Waals surface area contributed by atoms with Crippen LogP contribution in [-0.2, 0) is 0 Å². The van der Waals surface area contributed by atoms with Crippen molar-refractivity contribution in [2.24, 2.45) is 0 Å². The van der Waals surface area contributed by atoms with Crippen molar-refractivity contribution < 1.29 is 5.11 Å². The Morgan fingerprint density at radius 3 is 2.89 bits per heavy atom. The van der Waals surface area contributed by atoms with Gasteiger partial charge in [-0.15, -0.1) is 0 Å². The Labute approximate surface area is 115 Å². The number of piperidine rings is 1. The molecule has 1 atom stereocenters. The summed E-state index contributed by atoms with van der Waals surface area (Å²) in [6.45, 7) is 8.72. The predicted molar refractivity (Wildman–Crippen MR) is 77.7 cm³/mol. The van der Waals surface area contributed by atoms with Crippen LogP contribution in [0.25, 0.3) is 0 Å². The Balaban J connectivity index is 2.27. The first kappa shape index (κ1) is 14.1. The fraction of sp³-hybridized carbons (Fsp3) is 0.714. The van der Waals surface area contributed by atoms with Crippen molar-refractivity contribution in [2.75, 3.05) is 29.9 Å². The molecule has 1 unspecified atom stereocenters. The minimum Gasteiger partial charge on any atom is -0.391 e. The molecule has 0 amide bonds. The van der Waals surface area contributed by atoms with Gasteiger partial charge >= 0.3 is 0 Å². The van der Waals surface area contributed by atoms with Gasteiger partial charge < -0.3 is 15.3 Å². The largest absolute Gasteiger partial charge is 0.391 e. The molecule has 0 saturated carbocycles. The average Bonchev–Trinajstić information content (AvgIpc) is 2.38. The molecule has 0 aliphatic carbocycles. The third kappa shape index (κ3) is 3.56. The van der Waals surface area contributed by atoms with E-state index in [1.807, 2.05) is 6.07 Å². The average molecular weight is 264 g/mol. The minimum absolute atomic E-state index is 0.242. The van der Waals surface area contributed by atoms with Crippen LogP contribution in [0.4, 0.5) is 11.6 Å². The van der Waals surface area contributed by atoms with E-state index in [0.717, 1.165) is 43.4 Å². The Morgan fingerprint density at radius 1 is 1.47 bits per heavy atom. The summed E-state index contributed by atoms with van der Waals surface area (Å²) in [6.07, 6.45) is 1.66. The van der Waals surface area contributed by atoms with Crippen molar-refractivity contribution in [3.05, 3.63) is 11.9 Å². The highest BCUT2D eigenvalue weighted by Gasteiger charge is 2.20. The van der Waals surface area contributed by atoms with Crippen LogP contribution in [-0.4, -0.2) is 40.8 Å². The molecular weight excluding hydrogens is 240 g/mol. The fourth-order valence-corrected chi connectivity index (χ4v) is 2.31. The molecule has 0 spiro atoms. The van der Waals surface area contributed by atoms with Crippen LogP contribution in [0.15, 0.2) is 6.07 Å². The van der Waals surface area contributed by atoms with Crippen molar-refractivity contribution in [3.8, 4) is 0 Å². The minimum atomic E-state index is -0.242. The number of nitrogens with one attached hydrogen (secondary N) is 1. The lowest BCUT2D eigenvalue weighted by atomic mass is 10.1. The standard InChI is InChI=1S/C14H24N4O/c1-4-15-12-8-13(17-14(16-12)10(2)3)18-7-5-6-11(19)9-18/h8,10-11,19H,4-7,9H2,1-3H3,(H,15,16,17). The Hall–Kier alpha value is -1.36. The van der Waals surface area contributed by atoms with E-state index in [4.69, 9.17) is 0 Å². The van der Waals surface area contributed by atoms with Crippen molar-refractivity contribution in [2.45, 2.75) is 45.6 Å². The highest BCUT2D eigenvalue weighted by Crippen LogP contribution is 2.23. The van der Waals surface area contributed by atoms with Crippen LogP contribution < -0.4 is 10.2 Å². The lowest BCUT2D eigenvalue weighted by molar-refractivity contribution is 0.154. The topological polar surface area (TPSA) is 61.3 Å². The lowest BCUT2D eigenvalue weighted by Crippen LogP contribution is -2.39. The second-order valence-corrected chi connectivity index (χ2v) is 5.40. The van der Waals surface area contributed by atoms with Gasteiger partial charge in [0.1, 0.15) is 17.5 Å². The van der Waals surface area contributed by atoms with Gasteiger partial charge in [0.25, 0.3) is 0 Å². The van der Waals surface area contributed by atoms with Gasteiger partial charge in [-0.3, -0.25) is 0 Å². The van der Waals surface area contributed by atoms with E-state index in [9.17, 15) is 5.11 Å². The number of aliphatic hydroxyl groups is 1. The predicted octanol–water partition coefficient (Wildman–Crippen LogP) is 1.99. The molecule has 1 fully saturated rings. The monoisotopic (exact) mass is 264 g/mol. The maximum atomic E-state index is 9.79. The summed E-state index contributed by atoms with van der Waals surface area (Å²) in [5.74, 6) is 2.95. The molecule has 1 aliphatic rings. The Morgan fingerprint density at radius 2 is 2.26 bits per heavy atom. The van der Waals surface area contributed by atoms with E-state index in [1.54, 1.807) is 0 Å². The summed E-state index contributed by atoms with van der Waals surface area (Å²) in [5.41, 5.74) is 0. The van der Waals surface area contributed by atoms with E-state index in [2.05, 4.69) is 41.0 Å². The van der Waals surface area contributed by atoms with E-state index < -0.39 is 0 Å². The van der Waals surface area contributed by atoms with Gasteiger partial charge in [-0.25, -0.2) is 9.97 Å². The SMILES string of the molecule is CCNc1cc(N2CCCC(O)C2)nc(C(C)C)n1. The first-order valence-corrected chi connectivity index (χ1v) is 7.16. The normalized spacial score (nSPS) is 19.8. The van der Waals surface area contributed by atoms with E-state index >= 15 is 0 Å². The molecule has 5 nitrogen and oxygen atoms in total. The Kier molecular flexibility index (Phi) is 4.58. The Bertz CT molecular complexity index is 422. The van der Waals surface area contributed by atoms with Crippen molar-refractivity contribution in [3.63, 3.8) is 0 Å². The van der Waals surface area contributed by atoms with Gasteiger partial charge in [0.2, 0.25) is 0 Å². The number of nitrogens with zero attached hydrogens (tertiary/aromatic N) is 3. The van der Waals surface area contributed by atoms with Gasteiger partial charge in [0.15, 0.2) is 0 Å². The van der Waals surface area contributed by atoms with Gasteiger partial charge in [-0.1, -0.05) is 13.8 Å². The molecule has 1 aliphatic heterocycles. The molecule has 19 heavy (non-hydrogen) atoms. The molecular formula is C14H24N4O. The van der Waals surface area contributed by atoms with E-state index in [1.165, 1.54) is 0 Å². The van der Waals surface area contributed by atoms with Crippen molar-refractivity contribution in [1.29, 1.82) is 0 Å². The first-order chi connectivity index (χ1) is 9.10. The quantitative estimate of drug-likeness (QED) is 0.871. The zero-order valence-corrected chi connectivity index (χ0v) is 12.1. The number of aliphatic hydroxyl groups excluding tert-OH is 1. The second kappa shape index (κ2) is 6.19. The van der Waals surface area contributed by atoms with Crippen LogP contribution in [0.2, 0.25) is 0 Å². The van der Waals surface area contributed by atoms with Crippen LogP contribution in [0.3, 0.4) is 0 Å². The number of rotatable bonds is 4. The van der Waals surface area contributed by atoms with Crippen LogP contribution in [0, 0.1) is 0 Å². The highest BCUT2D eigenvalue weighted by molar-refractivity contribution is 5.50. The van der Waals surface area contributed by atoms with E-state index in [-0.39, 0.29) is 6.10 Å². The van der Waals surface area contributed by atoms with Gasteiger partial charge in [-0.05, 0) is 19.8 Å². The number of β-amino-alcohol motifs (C(OH)–C–C–N with tert-alkyl or cyclic N) is 1. The zero-order valence-electron chi connectivity index (χ0n) is 12.1. The van der Waals surface area contributed by atoms with Crippen LogP contribution in [0.1, 0.15) is 45.4 Å². The highest BCUT2D eigenvalue weighted by atomic mass is 16.3. The van der Waals surface area contributed by atoms with Crippen LogP contribution in [0.5, 0.6) is 0 Å². The molecule has 1 aromatic heterocycles. The molecule has 2 heterocycles. The van der Waals surface area contributed by atoms with Gasteiger partial charge in [0.05, 0.1) is 6.10 Å². The molecule has 0 radical (unpaired) electrons. The summed E-state index contributed by atoms with van der Waals surface area (Å²) in [4.78, 5) is 11.3. The molecule has 2 rings (SSSR count). The molecule has 2 N–H and O–H groups in total. The maximum Gasteiger partial charge on any atom is 0.135 e. The summed E-state index contributed by atoms with van der Waals surface area (Å²) >= 11 is 0. The van der Waals surface area contributed by atoms with Crippen molar-refractivity contribution >= 4 is 11.6 Å². The molecule has 0 aromatic carbocycles. The zero-order chi connectivity index (χ0) is 13.8. The van der Waals surface area contributed by atoms with Gasteiger partial charge in [-0.2, -0.15) is 0 Å². The van der Waals surface area contributed by atoms with E-state index in [0.29, 0.717) is 12.5 Å². The maximum absolute atomic E-state index is 9.79. The van der Waals surface area contributed by atoms with Crippen molar-refractivity contribution in [1.82, 2.24) is 9.97 Å². The number of aromatic nitrogens is 2. The second-order valence-electron chi connectivity index (χ2n) is 5.40. The smallest absolute Gasteiger partial charge is 0.135 e. The number of hydrogen-bond acceptors (Lipinski definition) is 5. The summed E-state index contributed by atoms with van der Waals surface area (Å²) in [7, 11) is 0. The molecule has 5 heteroatoms. The van der Waals surface area contributed by atoms with Crippen LogP contribution >= 0.6 is 0 Å². The first-order valence-electron chi connectivity index (χ1n) is 7.16. The third-order valence-electron chi connectivity index (χ3n) is 3.32. The van der Waals surface area contributed by atoms with Gasteiger partial charge in [0, 0.05) is 31.6 Å². The third-order valence-corrected chi connectivity index (χ3v) is 3.32. The fourth-order valence-electron chi connectivity index (χ4n) is 2.31. The molecule has 1 saturated heterocycles. The summed E-state index contributed by atoms with van der Waals surface area (Å²) in [6, 6.07) is 1.98. The number of anilines is 2. The lowest BCUT2D eigenvalue weighted by Gasteiger charge is -2.31. The summed E-state index contributed by atoms with van der Waals surface area (Å²) in [5, 5.41) is 13.0. The molecule has 0 bridgehead atoms.